The van der Waals surface area contributed by atoms with Gasteiger partial charge in [0.1, 0.15) is 0 Å². The maximum atomic E-state index is 12.9. The number of ether oxygens (including phenoxy) is 2. The molecule has 1 amide bonds. The summed E-state index contributed by atoms with van der Waals surface area (Å²) in [5, 5.41) is 3.30. The van der Waals surface area contributed by atoms with Crippen LogP contribution in [-0.4, -0.2) is 51.2 Å². The van der Waals surface area contributed by atoms with Crippen LogP contribution in [0.25, 0.3) is 0 Å². The average Bonchev–Trinajstić information content (AvgIpc) is 3.06. The van der Waals surface area contributed by atoms with Crippen LogP contribution >= 0.6 is 12.4 Å². The molecule has 1 aromatic rings. The summed E-state index contributed by atoms with van der Waals surface area (Å²) in [7, 11) is 5.10. The quantitative estimate of drug-likeness (QED) is 0.891. The van der Waals surface area contributed by atoms with Gasteiger partial charge in [0.2, 0.25) is 5.91 Å². The molecule has 0 aliphatic carbocycles. The van der Waals surface area contributed by atoms with E-state index in [2.05, 4.69) is 5.32 Å². The first-order chi connectivity index (χ1) is 10.4. The number of carbonyl (C=O) groups excluding carboxylic acids is 1. The van der Waals surface area contributed by atoms with Gasteiger partial charge < -0.3 is 19.7 Å². The van der Waals surface area contributed by atoms with E-state index in [-0.39, 0.29) is 24.4 Å². The second-order valence-corrected chi connectivity index (χ2v) is 6.26. The molecule has 1 N–H and O–H groups in total. The van der Waals surface area contributed by atoms with Crippen molar-refractivity contribution in [2.75, 3.05) is 34.4 Å². The van der Waals surface area contributed by atoms with Gasteiger partial charge in [-0.1, -0.05) is 6.07 Å². The second kappa shape index (κ2) is 7.88. The van der Waals surface area contributed by atoms with Crippen LogP contribution in [0.3, 0.4) is 0 Å². The predicted molar refractivity (Wildman–Crippen MR) is 93.9 cm³/mol. The third-order valence-corrected chi connectivity index (χ3v) is 4.54. The van der Waals surface area contributed by atoms with Gasteiger partial charge in [-0.25, -0.2) is 0 Å². The number of nitrogens with zero attached hydrogens (tertiary/aromatic N) is 1. The topological polar surface area (TPSA) is 50.8 Å². The van der Waals surface area contributed by atoms with Crippen molar-refractivity contribution in [3.05, 3.63) is 23.8 Å². The highest BCUT2D eigenvalue weighted by Crippen LogP contribution is 2.34. The van der Waals surface area contributed by atoms with Crippen molar-refractivity contribution < 1.29 is 14.3 Å². The molecular formula is C17H27ClN2O3. The molecule has 6 heteroatoms. The Labute approximate surface area is 144 Å². The van der Waals surface area contributed by atoms with Crippen molar-refractivity contribution in [2.45, 2.75) is 31.7 Å². The van der Waals surface area contributed by atoms with Gasteiger partial charge in [-0.15, -0.1) is 12.4 Å². The lowest BCUT2D eigenvalue weighted by atomic mass is 9.82. The summed E-state index contributed by atoms with van der Waals surface area (Å²) in [6.07, 6.45) is 1.00. The molecule has 0 saturated carbocycles. The Bertz CT molecular complexity index is 543. The fraction of sp³-hybridized carbons (Fsp3) is 0.588. The van der Waals surface area contributed by atoms with Crippen LogP contribution in [0.2, 0.25) is 0 Å². The maximum absolute atomic E-state index is 12.9. The Morgan fingerprint density at radius 3 is 2.43 bits per heavy atom. The first-order valence-corrected chi connectivity index (χ1v) is 7.62. The van der Waals surface area contributed by atoms with Crippen LogP contribution in [0, 0.1) is 0 Å². The fourth-order valence-electron chi connectivity index (χ4n) is 2.93. The molecule has 1 aromatic carbocycles. The number of hydrogen-bond donors (Lipinski definition) is 1. The molecule has 0 spiro atoms. The standard InChI is InChI=1S/C17H26N2O3.ClH/c1-17(2,16(20)19(3)13-8-9-18-11-13)12-6-7-14(21-4)15(10-12)22-5;/h6-7,10,13,18H,8-9,11H2,1-5H3;1H. The first kappa shape index (κ1) is 19.6. The van der Waals surface area contributed by atoms with Crippen LogP contribution in [-0.2, 0) is 10.2 Å². The zero-order chi connectivity index (χ0) is 16.3. The lowest BCUT2D eigenvalue weighted by molar-refractivity contribution is -0.136. The maximum Gasteiger partial charge on any atom is 0.232 e. The highest BCUT2D eigenvalue weighted by Gasteiger charge is 2.36. The molecule has 2 rings (SSSR count). The molecule has 1 aliphatic heterocycles. The van der Waals surface area contributed by atoms with Crippen molar-refractivity contribution >= 4 is 18.3 Å². The average molecular weight is 343 g/mol. The van der Waals surface area contributed by atoms with Gasteiger partial charge in [0, 0.05) is 19.6 Å². The van der Waals surface area contributed by atoms with E-state index in [0.717, 1.165) is 25.1 Å². The molecule has 130 valence electrons. The van der Waals surface area contributed by atoms with Crippen molar-refractivity contribution in [3.8, 4) is 11.5 Å². The number of benzene rings is 1. The van der Waals surface area contributed by atoms with E-state index in [9.17, 15) is 4.79 Å². The van der Waals surface area contributed by atoms with Crippen LogP contribution in [0.4, 0.5) is 0 Å². The second-order valence-electron chi connectivity index (χ2n) is 6.26. The minimum atomic E-state index is -0.614. The highest BCUT2D eigenvalue weighted by atomic mass is 35.5. The molecule has 1 unspecified atom stereocenters. The normalized spacial score (nSPS) is 17.3. The Morgan fingerprint density at radius 1 is 1.26 bits per heavy atom. The molecule has 0 aromatic heterocycles. The summed E-state index contributed by atoms with van der Waals surface area (Å²) < 4.78 is 10.6. The number of nitrogens with one attached hydrogen (secondary N) is 1. The van der Waals surface area contributed by atoms with Crippen molar-refractivity contribution in [2.24, 2.45) is 0 Å². The molecule has 0 bridgehead atoms. The fourth-order valence-corrected chi connectivity index (χ4v) is 2.93. The minimum absolute atomic E-state index is 0. The van der Waals surface area contributed by atoms with Gasteiger partial charge in [0.25, 0.3) is 0 Å². The van der Waals surface area contributed by atoms with Gasteiger partial charge in [-0.05, 0) is 44.5 Å². The smallest absolute Gasteiger partial charge is 0.232 e. The molecule has 23 heavy (non-hydrogen) atoms. The molecule has 1 fully saturated rings. The third kappa shape index (κ3) is 3.90. The Kier molecular flexibility index (Phi) is 6.71. The van der Waals surface area contributed by atoms with E-state index in [1.54, 1.807) is 14.2 Å². The predicted octanol–water partition coefficient (Wildman–Crippen LogP) is 2.22. The van der Waals surface area contributed by atoms with E-state index in [0.29, 0.717) is 11.5 Å². The number of carbonyl (C=O) groups is 1. The zero-order valence-electron chi connectivity index (χ0n) is 14.5. The summed E-state index contributed by atoms with van der Waals surface area (Å²) in [6, 6.07) is 5.93. The number of halogens is 1. The number of amides is 1. The Hall–Kier alpha value is -1.46. The molecule has 5 nitrogen and oxygen atoms in total. The van der Waals surface area contributed by atoms with Gasteiger partial charge in [0.15, 0.2) is 11.5 Å². The van der Waals surface area contributed by atoms with Gasteiger partial charge in [0.05, 0.1) is 19.6 Å². The van der Waals surface area contributed by atoms with Gasteiger partial charge in [-0.2, -0.15) is 0 Å². The van der Waals surface area contributed by atoms with Crippen molar-refractivity contribution in [1.82, 2.24) is 10.2 Å². The summed E-state index contributed by atoms with van der Waals surface area (Å²) in [5.74, 6) is 1.43. The zero-order valence-corrected chi connectivity index (χ0v) is 15.3. The molecule has 1 aliphatic rings. The van der Waals surface area contributed by atoms with E-state index in [1.807, 2.05) is 44.0 Å². The first-order valence-electron chi connectivity index (χ1n) is 7.62. The van der Waals surface area contributed by atoms with Gasteiger partial charge in [-0.3, -0.25) is 4.79 Å². The SMILES string of the molecule is COc1ccc(C(C)(C)C(=O)N(C)C2CCNC2)cc1OC.Cl. The number of likely N-dealkylation sites (N-methyl/N-ethyl adjacent to an activating group) is 1. The summed E-state index contributed by atoms with van der Waals surface area (Å²) in [6.45, 7) is 5.74. The Balaban J connectivity index is 0.00000264. The van der Waals surface area contributed by atoms with Crippen molar-refractivity contribution in [1.29, 1.82) is 0 Å². The molecule has 0 radical (unpaired) electrons. The van der Waals surface area contributed by atoms with Crippen LogP contribution in [0.5, 0.6) is 11.5 Å². The van der Waals surface area contributed by atoms with Crippen LogP contribution < -0.4 is 14.8 Å². The summed E-state index contributed by atoms with van der Waals surface area (Å²) >= 11 is 0. The van der Waals surface area contributed by atoms with E-state index >= 15 is 0 Å². The largest absolute Gasteiger partial charge is 0.493 e. The molecule has 1 heterocycles. The van der Waals surface area contributed by atoms with Crippen molar-refractivity contribution in [3.63, 3.8) is 0 Å². The van der Waals surface area contributed by atoms with Gasteiger partial charge >= 0.3 is 0 Å². The number of rotatable bonds is 5. The summed E-state index contributed by atoms with van der Waals surface area (Å²) in [5.41, 5.74) is 0.310. The lowest BCUT2D eigenvalue weighted by Crippen LogP contribution is -2.47. The summed E-state index contributed by atoms with van der Waals surface area (Å²) in [4.78, 5) is 14.8. The number of methoxy groups -OCH3 is 2. The van der Waals surface area contributed by atoms with Crippen LogP contribution in [0.15, 0.2) is 18.2 Å². The number of hydrogen-bond acceptors (Lipinski definition) is 4. The molecule has 1 saturated heterocycles. The van der Waals surface area contributed by atoms with Crippen LogP contribution in [0.1, 0.15) is 25.8 Å². The monoisotopic (exact) mass is 342 g/mol. The highest BCUT2D eigenvalue weighted by molar-refractivity contribution is 5.87. The molecule has 1 atom stereocenters. The Morgan fingerprint density at radius 2 is 1.91 bits per heavy atom. The molecular weight excluding hydrogens is 316 g/mol. The van der Waals surface area contributed by atoms with E-state index in [4.69, 9.17) is 9.47 Å². The minimum Gasteiger partial charge on any atom is -0.493 e. The lowest BCUT2D eigenvalue weighted by Gasteiger charge is -2.33. The third-order valence-electron chi connectivity index (χ3n) is 4.54. The van der Waals surface area contributed by atoms with E-state index in [1.165, 1.54) is 0 Å². The van der Waals surface area contributed by atoms with E-state index < -0.39 is 5.41 Å².